The fourth-order valence-corrected chi connectivity index (χ4v) is 1.87. The van der Waals surface area contributed by atoms with Gasteiger partial charge in [0.15, 0.2) is 5.78 Å². The molecular weight excluding hydrogens is 208 g/mol. The van der Waals surface area contributed by atoms with Crippen LogP contribution in [0.4, 0.5) is 0 Å². The van der Waals surface area contributed by atoms with E-state index in [9.17, 15) is 4.79 Å². The van der Waals surface area contributed by atoms with Crippen LogP contribution in [-0.2, 0) is 4.74 Å². The van der Waals surface area contributed by atoms with Gasteiger partial charge in [0.25, 0.3) is 0 Å². The van der Waals surface area contributed by atoms with E-state index in [2.05, 4.69) is 0 Å². The van der Waals surface area contributed by atoms with E-state index in [-0.39, 0.29) is 11.4 Å². The highest BCUT2D eigenvalue weighted by Gasteiger charge is 2.11. The maximum Gasteiger partial charge on any atom is 0.172 e. The molecular formula is C12H18O2S. The summed E-state index contributed by atoms with van der Waals surface area (Å²) in [5, 5.41) is 1.93. The van der Waals surface area contributed by atoms with E-state index in [1.54, 1.807) is 0 Å². The van der Waals surface area contributed by atoms with Crippen molar-refractivity contribution in [2.75, 3.05) is 6.61 Å². The zero-order chi connectivity index (χ0) is 11.3. The fraction of sp³-hybridized carbons (Fsp3) is 0.583. The van der Waals surface area contributed by atoms with Crippen molar-refractivity contribution < 1.29 is 9.53 Å². The molecule has 0 aliphatic carbocycles. The number of carbonyl (C=O) groups is 1. The smallest absolute Gasteiger partial charge is 0.172 e. The highest BCUT2D eigenvalue weighted by molar-refractivity contribution is 7.12. The highest BCUT2D eigenvalue weighted by atomic mass is 32.1. The maximum atomic E-state index is 11.6. The van der Waals surface area contributed by atoms with Gasteiger partial charge < -0.3 is 4.74 Å². The Balaban J connectivity index is 2.19. The Morgan fingerprint density at radius 1 is 1.47 bits per heavy atom. The normalized spacial score (nSPS) is 11.7. The van der Waals surface area contributed by atoms with Gasteiger partial charge in [-0.15, -0.1) is 11.3 Å². The minimum absolute atomic E-state index is 0.105. The zero-order valence-corrected chi connectivity index (χ0v) is 10.4. The molecule has 2 nitrogen and oxygen atoms in total. The second kappa shape index (κ2) is 5.42. The van der Waals surface area contributed by atoms with Crippen LogP contribution in [0.1, 0.15) is 43.3 Å². The molecule has 0 aliphatic heterocycles. The van der Waals surface area contributed by atoms with Gasteiger partial charge in [-0.2, -0.15) is 0 Å². The number of hydrogen-bond acceptors (Lipinski definition) is 3. The number of ketones is 1. The summed E-state index contributed by atoms with van der Waals surface area (Å²) >= 11 is 1.50. The summed E-state index contributed by atoms with van der Waals surface area (Å²) < 4.78 is 5.55. The van der Waals surface area contributed by atoms with Gasteiger partial charge in [-0.1, -0.05) is 6.07 Å². The maximum absolute atomic E-state index is 11.6. The van der Waals surface area contributed by atoms with E-state index in [0.717, 1.165) is 11.3 Å². The van der Waals surface area contributed by atoms with E-state index in [4.69, 9.17) is 4.74 Å². The average Bonchev–Trinajstić information content (AvgIpc) is 2.63. The zero-order valence-electron chi connectivity index (χ0n) is 9.58. The molecule has 0 radical (unpaired) electrons. The summed E-state index contributed by atoms with van der Waals surface area (Å²) in [5.74, 6) is 0.225. The Morgan fingerprint density at radius 3 is 2.73 bits per heavy atom. The third-order valence-electron chi connectivity index (χ3n) is 1.88. The second-order valence-electron chi connectivity index (χ2n) is 4.46. The molecule has 0 saturated heterocycles. The quantitative estimate of drug-likeness (QED) is 0.567. The third kappa shape index (κ3) is 5.09. The molecule has 0 amide bonds. The summed E-state index contributed by atoms with van der Waals surface area (Å²) in [4.78, 5) is 12.4. The van der Waals surface area contributed by atoms with Gasteiger partial charge in [-0.3, -0.25) is 4.79 Å². The molecule has 1 aromatic rings. The van der Waals surface area contributed by atoms with Crippen LogP contribution in [0.3, 0.4) is 0 Å². The van der Waals surface area contributed by atoms with Crippen molar-refractivity contribution in [1.82, 2.24) is 0 Å². The first-order valence-electron chi connectivity index (χ1n) is 5.20. The van der Waals surface area contributed by atoms with Gasteiger partial charge in [0.1, 0.15) is 0 Å². The lowest BCUT2D eigenvalue weighted by molar-refractivity contribution is -0.00429. The fourth-order valence-electron chi connectivity index (χ4n) is 1.17. The molecule has 3 heteroatoms. The largest absolute Gasteiger partial charge is 0.376 e. The van der Waals surface area contributed by atoms with Crippen molar-refractivity contribution in [3.8, 4) is 0 Å². The predicted octanol–water partition coefficient (Wildman–Crippen LogP) is 3.53. The molecule has 0 saturated carbocycles. The monoisotopic (exact) mass is 226 g/mol. The number of hydrogen-bond donors (Lipinski definition) is 0. The minimum atomic E-state index is -0.105. The third-order valence-corrected chi connectivity index (χ3v) is 2.79. The predicted molar refractivity (Wildman–Crippen MR) is 63.6 cm³/mol. The van der Waals surface area contributed by atoms with Crippen LogP contribution in [0.2, 0.25) is 0 Å². The molecule has 1 rings (SSSR count). The lowest BCUT2D eigenvalue weighted by Crippen LogP contribution is -2.20. The van der Waals surface area contributed by atoms with Gasteiger partial charge in [0.05, 0.1) is 10.5 Å². The molecule has 0 aromatic carbocycles. The minimum Gasteiger partial charge on any atom is -0.376 e. The van der Waals surface area contributed by atoms with E-state index in [1.165, 1.54) is 11.3 Å². The summed E-state index contributed by atoms with van der Waals surface area (Å²) in [7, 11) is 0. The highest BCUT2D eigenvalue weighted by Crippen LogP contribution is 2.13. The van der Waals surface area contributed by atoms with E-state index in [0.29, 0.717) is 13.0 Å². The SMILES string of the molecule is CC(C)(C)OCCCC(=O)c1cccs1. The number of Topliss-reactive ketones (excluding diaryl/α,β-unsaturated/α-hetero) is 1. The second-order valence-corrected chi connectivity index (χ2v) is 5.41. The molecule has 0 fully saturated rings. The standard InChI is InChI=1S/C12H18O2S/c1-12(2,3)14-8-4-6-10(13)11-7-5-9-15-11/h5,7,9H,4,6,8H2,1-3H3. The summed E-state index contributed by atoms with van der Waals surface area (Å²) in [5.41, 5.74) is -0.105. The molecule has 0 aliphatic rings. The number of thiophene rings is 1. The van der Waals surface area contributed by atoms with Crippen molar-refractivity contribution in [3.63, 3.8) is 0 Å². The Bertz CT molecular complexity index is 296. The molecule has 1 aromatic heterocycles. The van der Waals surface area contributed by atoms with Gasteiger partial charge in [-0.25, -0.2) is 0 Å². The Kier molecular flexibility index (Phi) is 4.48. The summed E-state index contributed by atoms with van der Waals surface area (Å²) in [6.07, 6.45) is 1.38. The van der Waals surface area contributed by atoms with Crippen LogP contribution < -0.4 is 0 Å². The molecule has 0 bridgehead atoms. The lowest BCUT2D eigenvalue weighted by Gasteiger charge is -2.19. The Labute approximate surface area is 95.3 Å². The average molecular weight is 226 g/mol. The summed E-state index contributed by atoms with van der Waals surface area (Å²) in [6.45, 7) is 6.72. The molecule has 0 atom stereocenters. The van der Waals surface area contributed by atoms with Crippen LogP contribution in [0, 0.1) is 0 Å². The van der Waals surface area contributed by atoms with E-state index in [1.807, 2.05) is 38.3 Å². The van der Waals surface area contributed by atoms with Crippen LogP contribution in [0.25, 0.3) is 0 Å². The molecule has 0 N–H and O–H groups in total. The number of rotatable bonds is 5. The molecule has 84 valence electrons. The van der Waals surface area contributed by atoms with Gasteiger partial charge in [0.2, 0.25) is 0 Å². The van der Waals surface area contributed by atoms with Crippen LogP contribution in [-0.4, -0.2) is 18.0 Å². The first-order valence-corrected chi connectivity index (χ1v) is 6.08. The van der Waals surface area contributed by atoms with Crippen LogP contribution in [0.15, 0.2) is 17.5 Å². The number of carbonyl (C=O) groups excluding carboxylic acids is 1. The van der Waals surface area contributed by atoms with Gasteiger partial charge in [0, 0.05) is 13.0 Å². The Hall–Kier alpha value is -0.670. The molecule has 0 spiro atoms. The van der Waals surface area contributed by atoms with E-state index < -0.39 is 0 Å². The topological polar surface area (TPSA) is 26.3 Å². The molecule has 1 heterocycles. The lowest BCUT2D eigenvalue weighted by atomic mass is 10.2. The first-order chi connectivity index (χ1) is 6.99. The van der Waals surface area contributed by atoms with Gasteiger partial charge in [-0.05, 0) is 38.6 Å². The number of ether oxygens (including phenoxy) is 1. The first kappa shape index (κ1) is 12.4. The molecule has 15 heavy (non-hydrogen) atoms. The van der Waals surface area contributed by atoms with Gasteiger partial charge >= 0.3 is 0 Å². The Morgan fingerprint density at radius 2 is 2.20 bits per heavy atom. The summed E-state index contributed by atoms with van der Waals surface area (Å²) in [6, 6.07) is 3.78. The van der Waals surface area contributed by atoms with Crippen LogP contribution >= 0.6 is 11.3 Å². The van der Waals surface area contributed by atoms with Crippen molar-refractivity contribution in [2.24, 2.45) is 0 Å². The van der Waals surface area contributed by atoms with Crippen molar-refractivity contribution in [2.45, 2.75) is 39.2 Å². The van der Waals surface area contributed by atoms with E-state index >= 15 is 0 Å². The van der Waals surface area contributed by atoms with Crippen molar-refractivity contribution >= 4 is 17.1 Å². The van der Waals surface area contributed by atoms with Crippen molar-refractivity contribution in [3.05, 3.63) is 22.4 Å². The van der Waals surface area contributed by atoms with Crippen molar-refractivity contribution in [1.29, 1.82) is 0 Å². The molecule has 0 unspecified atom stereocenters. The van der Waals surface area contributed by atoms with Crippen LogP contribution in [0.5, 0.6) is 0 Å².